The Balaban J connectivity index is 3.38. The largest absolute Gasteiger partial charge is 0.508 e. The summed E-state index contributed by atoms with van der Waals surface area (Å²) in [5.74, 6) is -1.04. The van der Waals surface area contributed by atoms with Gasteiger partial charge in [0.05, 0.1) is 13.0 Å². The van der Waals surface area contributed by atoms with Crippen molar-refractivity contribution in [2.24, 2.45) is 0 Å². The Morgan fingerprint density at radius 3 is 2.39 bits per heavy atom. The van der Waals surface area contributed by atoms with Crippen LogP contribution in [0.1, 0.15) is 71.9 Å². The number of para-hydroxylation sites is 1. The monoisotopic (exact) mass is 553 g/mol. The fourth-order valence-electron chi connectivity index (χ4n) is 3.63. The zero-order chi connectivity index (χ0) is 28.7. The highest BCUT2D eigenvalue weighted by Gasteiger charge is 2.37. The van der Waals surface area contributed by atoms with Crippen LogP contribution >= 0.6 is 11.8 Å². The standard InChI is InChI=1S/C27H43N3O7S/c1-7-9-17-30(25(34)20(15-18-38-6)29-26(35)37-27(3,4)5)23(19-12-10-11-13-21(19)31)24(33)28-16-14-22(32)36-8-2/h10-13,20,23,31H,7-9,14-18H2,1-6H3,(H,28,33)(H,29,35). The van der Waals surface area contributed by atoms with Crippen LogP contribution < -0.4 is 10.6 Å². The van der Waals surface area contributed by atoms with Gasteiger partial charge in [-0.25, -0.2) is 4.79 Å². The molecule has 3 N–H and O–H groups in total. The molecule has 38 heavy (non-hydrogen) atoms. The quantitative estimate of drug-likeness (QED) is 0.280. The molecule has 3 amide bonds. The van der Waals surface area contributed by atoms with Gasteiger partial charge in [-0.15, -0.1) is 0 Å². The predicted octanol–water partition coefficient (Wildman–Crippen LogP) is 3.78. The number of unbranched alkanes of at least 4 members (excludes halogenated alkanes) is 1. The van der Waals surface area contributed by atoms with Gasteiger partial charge in [-0.3, -0.25) is 14.4 Å². The highest BCUT2D eigenvalue weighted by molar-refractivity contribution is 7.98. The number of esters is 1. The molecule has 2 atom stereocenters. The molecule has 0 heterocycles. The lowest BCUT2D eigenvalue weighted by molar-refractivity contribution is -0.144. The molecule has 0 saturated heterocycles. The summed E-state index contributed by atoms with van der Waals surface area (Å²) in [6, 6.07) is 4.18. The van der Waals surface area contributed by atoms with Crippen molar-refractivity contribution >= 4 is 35.6 Å². The molecule has 0 bridgehead atoms. The molecule has 0 radical (unpaired) electrons. The number of nitrogens with zero attached hydrogens (tertiary/aromatic N) is 1. The topological polar surface area (TPSA) is 134 Å². The molecule has 0 aliphatic carbocycles. The fraction of sp³-hybridized carbons (Fsp3) is 0.630. The van der Waals surface area contributed by atoms with E-state index in [2.05, 4.69) is 10.6 Å². The van der Waals surface area contributed by atoms with Crippen molar-refractivity contribution in [1.29, 1.82) is 0 Å². The number of hydrogen-bond donors (Lipinski definition) is 3. The smallest absolute Gasteiger partial charge is 0.408 e. The molecule has 214 valence electrons. The average Bonchev–Trinajstić information content (AvgIpc) is 2.83. The van der Waals surface area contributed by atoms with Gasteiger partial charge < -0.3 is 30.1 Å². The summed E-state index contributed by atoms with van der Waals surface area (Å²) in [6.45, 7) is 9.29. The van der Waals surface area contributed by atoms with Crippen molar-refractivity contribution in [2.75, 3.05) is 31.7 Å². The predicted molar refractivity (Wildman–Crippen MR) is 148 cm³/mol. The molecule has 0 spiro atoms. The van der Waals surface area contributed by atoms with Gasteiger partial charge in [0.2, 0.25) is 11.8 Å². The number of nitrogens with one attached hydrogen (secondary N) is 2. The van der Waals surface area contributed by atoms with E-state index in [0.29, 0.717) is 18.6 Å². The maximum Gasteiger partial charge on any atom is 0.408 e. The van der Waals surface area contributed by atoms with E-state index < -0.39 is 41.6 Å². The third kappa shape index (κ3) is 11.6. The average molecular weight is 554 g/mol. The first-order valence-electron chi connectivity index (χ1n) is 12.9. The molecule has 1 rings (SSSR count). The molecule has 10 nitrogen and oxygen atoms in total. The van der Waals surface area contributed by atoms with E-state index in [4.69, 9.17) is 9.47 Å². The number of amides is 3. The summed E-state index contributed by atoms with van der Waals surface area (Å²) in [7, 11) is 0. The lowest BCUT2D eigenvalue weighted by Gasteiger charge is -2.34. The molecular weight excluding hydrogens is 510 g/mol. The number of phenols is 1. The molecule has 0 saturated carbocycles. The maximum atomic E-state index is 14.0. The van der Waals surface area contributed by atoms with E-state index in [9.17, 15) is 24.3 Å². The van der Waals surface area contributed by atoms with Crippen molar-refractivity contribution in [3.8, 4) is 5.75 Å². The van der Waals surface area contributed by atoms with Crippen LogP contribution in [0.15, 0.2) is 24.3 Å². The molecule has 0 aliphatic heterocycles. The van der Waals surface area contributed by atoms with Gasteiger partial charge in [0.25, 0.3) is 0 Å². The number of rotatable bonds is 15. The highest BCUT2D eigenvalue weighted by Crippen LogP contribution is 2.30. The minimum atomic E-state index is -1.19. The molecule has 11 heteroatoms. The first-order valence-corrected chi connectivity index (χ1v) is 14.3. The van der Waals surface area contributed by atoms with Crippen LogP contribution in [0.2, 0.25) is 0 Å². The second-order valence-electron chi connectivity index (χ2n) is 9.67. The van der Waals surface area contributed by atoms with Crippen molar-refractivity contribution in [3.63, 3.8) is 0 Å². The van der Waals surface area contributed by atoms with Crippen LogP contribution in [-0.4, -0.2) is 77.2 Å². The summed E-state index contributed by atoms with van der Waals surface area (Å²) < 4.78 is 10.3. The first-order chi connectivity index (χ1) is 17.9. The number of aromatic hydroxyl groups is 1. The van der Waals surface area contributed by atoms with E-state index >= 15 is 0 Å². The Morgan fingerprint density at radius 1 is 1.13 bits per heavy atom. The molecule has 1 aromatic rings. The molecule has 0 fully saturated rings. The van der Waals surface area contributed by atoms with Crippen LogP contribution in [0.3, 0.4) is 0 Å². The van der Waals surface area contributed by atoms with Crippen molar-refractivity contribution in [1.82, 2.24) is 15.5 Å². The van der Waals surface area contributed by atoms with E-state index in [1.54, 1.807) is 45.9 Å². The lowest BCUT2D eigenvalue weighted by Crippen LogP contribution is -2.53. The summed E-state index contributed by atoms with van der Waals surface area (Å²) >= 11 is 1.52. The zero-order valence-electron chi connectivity index (χ0n) is 23.4. The number of carbonyl (C=O) groups is 4. The Kier molecular flexibility index (Phi) is 14.6. The van der Waals surface area contributed by atoms with Crippen LogP contribution in [0.5, 0.6) is 5.75 Å². The van der Waals surface area contributed by atoms with Gasteiger partial charge in [0.1, 0.15) is 23.4 Å². The number of phenolic OH excluding ortho intramolecular Hbond substituents is 1. The second kappa shape index (κ2) is 16.8. The van der Waals surface area contributed by atoms with E-state index in [-0.39, 0.29) is 37.4 Å². The Bertz CT molecular complexity index is 920. The van der Waals surface area contributed by atoms with Crippen molar-refractivity contribution < 1.29 is 33.8 Å². The Morgan fingerprint density at radius 2 is 1.82 bits per heavy atom. The van der Waals surface area contributed by atoms with Crippen LogP contribution in [0, 0.1) is 0 Å². The van der Waals surface area contributed by atoms with Crippen LogP contribution in [-0.2, 0) is 23.9 Å². The van der Waals surface area contributed by atoms with Gasteiger partial charge in [0, 0.05) is 18.7 Å². The minimum Gasteiger partial charge on any atom is -0.508 e. The normalized spacial score (nSPS) is 12.7. The van der Waals surface area contributed by atoms with Gasteiger partial charge in [0.15, 0.2) is 0 Å². The minimum absolute atomic E-state index is 0.00360. The number of benzene rings is 1. The van der Waals surface area contributed by atoms with E-state index in [1.165, 1.54) is 22.7 Å². The summed E-state index contributed by atoms with van der Waals surface area (Å²) in [6.07, 6.45) is 2.79. The summed E-state index contributed by atoms with van der Waals surface area (Å²) in [4.78, 5) is 53.2. The zero-order valence-corrected chi connectivity index (χ0v) is 24.2. The third-order valence-electron chi connectivity index (χ3n) is 5.36. The van der Waals surface area contributed by atoms with Gasteiger partial charge >= 0.3 is 12.1 Å². The number of thioether (sulfide) groups is 1. The number of ether oxygens (including phenoxy) is 2. The SMILES string of the molecule is CCCCN(C(=O)C(CCSC)NC(=O)OC(C)(C)C)C(C(=O)NCCC(=O)OCC)c1ccccc1O. The second-order valence-corrected chi connectivity index (χ2v) is 10.7. The number of carbonyl (C=O) groups excluding carboxylic acids is 4. The molecule has 2 unspecified atom stereocenters. The van der Waals surface area contributed by atoms with Gasteiger partial charge in [-0.2, -0.15) is 11.8 Å². The summed E-state index contributed by atoms with van der Waals surface area (Å²) in [5.41, 5.74) is -0.512. The van der Waals surface area contributed by atoms with Gasteiger partial charge in [-0.05, 0) is 58.6 Å². The molecular formula is C27H43N3O7S. The molecule has 0 aliphatic rings. The molecule has 0 aromatic heterocycles. The summed E-state index contributed by atoms with van der Waals surface area (Å²) in [5, 5.41) is 16.0. The Labute approximate surface area is 230 Å². The fourth-order valence-corrected chi connectivity index (χ4v) is 4.10. The molecule has 1 aromatic carbocycles. The lowest BCUT2D eigenvalue weighted by atomic mass is 10.0. The Hall–Kier alpha value is -2.95. The van der Waals surface area contributed by atoms with Crippen molar-refractivity contribution in [3.05, 3.63) is 29.8 Å². The highest BCUT2D eigenvalue weighted by atomic mass is 32.2. The van der Waals surface area contributed by atoms with E-state index in [1.807, 2.05) is 13.2 Å². The van der Waals surface area contributed by atoms with Crippen molar-refractivity contribution in [2.45, 2.75) is 78.0 Å². The third-order valence-corrected chi connectivity index (χ3v) is 6.00. The maximum absolute atomic E-state index is 14.0. The van der Waals surface area contributed by atoms with Crippen LogP contribution in [0.4, 0.5) is 4.79 Å². The van der Waals surface area contributed by atoms with Crippen LogP contribution in [0.25, 0.3) is 0 Å². The van der Waals surface area contributed by atoms with E-state index in [0.717, 1.165) is 6.42 Å². The first kappa shape index (κ1) is 33.1. The van der Waals surface area contributed by atoms with Gasteiger partial charge in [-0.1, -0.05) is 31.5 Å². The number of alkyl carbamates (subject to hydrolysis) is 1. The number of hydrogen-bond acceptors (Lipinski definition) is 8.